The van der Waals surface area contributed by atoms with Crippen molar-refractivity contribution < 1.29 is 9.84 Å². The molecule has 0 aliphatic heterocycles. The zero-order chi connectivity index (χ0) is 35.6. The normalized spacial score (nSPS) is 36.6. The Bertz CT molecular complexity index is 991. The molecule has 3 fully saturated rings. The summed E-state index contributed by atoms with van der Waals surface area (Å²) in [6.45, 7) is 25.4. The molecule has 5 rings (SSSR count). The lowest BCUT2D eigenvalue weighted by atomic mass is 9.69. The molecule has 0 bridgehead atoms. The van der Waals surface area contributed by atoms with Gasteiger partial charge in [0.25, 0.3) is 0 Å². The SMILES string of the molecule is CC(C)CCC(C)C(C)C.CCC1C(O)C2CCCC2C1C(C)C1=C2CCC(C)C3CCC(COC)/C3=C/C2(C)CC1.CCCCCN. The number of aliphatic hydroxyl groups is 1. The summed E-state index contributed by atoms with van der Waals surface area (Å²) in [4.78, 5) is 0. The van der Waals surface area contributed by atoms with Crippen LogP contribution in [0.2, 0.25) is 0 Å². The number of allylic oxidation sites excluding steroid dienone is 3. The fraction of sp³-hybridized carbons (Fsp3) is 0.911. The van der Waals surface area contributed by atoms with Gasteiger partial charge in [-0.25, -0.2) is 0 Å². The van der Waals surface area contributed by atoms with E-state index < -0.39 is 0 Å². The van der Waals surface area contributed by atoms with Gasteiger partial charge in [-0.3, -0.25) is 0 Å². The van der Waals surface area contributed by atoms with E-state index in [0.29, 0.717) is 29.6 Å². The van der Waals surface area contributed by atoms with Gasteiger partial charge in [-0.1, -0.05) is 131 Å². The Labute approximate surface area is 300 Å². The quantitative estimate of drug-likeness (QED) is 0.161. The molecule has 3 heteroatoms. The number of hydrogen-bond donors (Lipinski definition) is 2. The summed E-state index contributed by atoms with van der Waals surface area (Å²) in [7, 11) is 1.87. The Morgan fingerprint density at radius 1 is 0.938 bits per heavy atom. The Morgan fingerprint density at radius 3 is 2.23 bits per heavy atom. The van der Waals surface area contributed by atoms with E-state index in [-0.39, 0.29) is 11.5 Å². The van der Waals surface area contributed by atoms with E-state index in [1.807, 2.05) is 7.11 Å². The molecule has 0 aromatic carbocycles. The molecule has 3 saturated carbocycles. The Hall–Kier alpha value is -0.640. The van der Waals surface area contributed by atoms with Gasteiger partial charge in [-0.05, 0) is 124 Å². The molecule has 0 aromatic rings. The fourth-order valence-electron chi connectivity index (χ4n) is 10.9. The lowest BCUT2D eigenvalue weighted by molar-refractivity contribution is 0.0749. The minimum Gasteiger partial charge on any atom is -0.393 e. The van der Waals surface area contributed by atoms with Crippen LogP contribution in [0, 0.1) is 70.5 Å². The highest BCUT2D eigenvalue weighted by Gasteiger charge is 2.54. The van der Waals surface area contributed by atoms with Crippen LogP contribution in [0.4, 0.5) is 0 Å². The standard InChI is InChI=1S/C30H48O2.C10H22.C5H13N/c1-6-21-28(24-8-7-9-25(24)29(21)31)19(3)23-14-15-30(4)16-26-20(17-32-5)11-12-22(26)18(2)10-13-27(23)30;1-8(2)6-7-10(5)9(3)4;1-2-3-4-5-6/h16,18-22,24-25,28-29,31H,6-15,17H2,1-5H3;8-10H,6-7H2,1-5H3;2-6H2,1H3/b26-16-;;. The van der Waals surface area contributed by atoms with Crippen molar-refractivity contribution in [1.82, 2.24) is 0 Å². The maximum atomic E-state index is 11.2. The summed E-state index contributed by atoms with van der Waals surface area (Å²) in [6.07, 6.45) is 22.3. The van der Waals surface area contributed by atoms with Crippen molar-refractivity contribution in [3.63, 3.8) is 0 Å². The number of unbranched alkanes of at least 4 members (excludes halogenated alkanes) is 2. The molecular weight excluding hydrogens is 587 g/mol. The van der Waals surface area contributed by atoms with Crippen molar-refractivity contribution in [2.24, 2.45) is 76.2 Å². The zero-order valence-electron chi connectivity index (χ0n) is 34.0. The van der Waals surface area contributed by atoms with Gasteiger partial charge in [0, 0.05) is 18.4 Å². The average molecular weight is 670 g/mol. The van der Waals surface area contributed by atoms with E-state index in [1.54, 1.807) is 16.7 Å². The molecule has 3 N–H and O–H groups in total. The molecule has 0 heterocycles. The first-order valence-electron chi connectivity index (χ1n) is 21.2. The van der Waals surface area contributed by atoms with Crippen LogP contribution < -0.4 is 5.73 Å². The molecular formula is C45H83NO2. The number of fused-ring (bicyclic) bond motifs is 3. The molecule has 48 heavy (non-hydrogen) atoms. The molecule has 280 valence electrons. The minimum absolute atomic E-state index is 0.0492. The van der Waals surface area contributed by atoms with Crippen molar-refractivity contribution in [3.05, 3.63) is 22.8 Å². The van der Waals surface area contributed by atoms with Gasteiger partial charge >= 0.3 is 0 Å². The number of aliphatic hydroxyl groups excluding tert-OH is 1. The predicted molar refractivity (Wildman–Crippen MR) is 209 cm³/mol. The lowest BCUT2D eigenvalue weighted by Gasteiger charge is -2.36. The molecule has 5 aliphatic rings. The molecule has 0 radical (unpaired) electrons. The van der Waals surface area contributed by atoms with Crippen molar-refractivity contribution in [3.8, 4) is 0 Å². The third-order valence-electron chi connectivity index (χ3n) is 14.3. The number of nitrogens with two attached hydrogens (primary N) is 1. The van der Waals surface area contributed by atoms with E-state index in [1.165, 1.54) is 89.9 Å². The van der Waals surface area contributed by atoms with Crippen LogP contribution in [0.1, 0.15) is 166 Å². The summed E-state index contributed by atoms with van der Waals surface area (Å²) in [5.74, 6) is 8.04. The van der Waals surface area contributed by atoms with E-state index in [0.717, 1.165) is 55.1 Å². The maximum absolute atomic E-state index is 11.2. The Morgan fingerprint density at radius 2 is 1.65 bits per heavy atom. The first-order chi connectivity index (χ1) is 22.8. The number of rotatable bonds is 12. The van der Waals surface area contributed by atoms with E-state index >= 15 is 0 Å². The van der Waals surface area contributed by atoms with Crippen molar-refractivity contribution in [1.29, 1.82) is 0 Å². The van der Waals surface area contributed by atoms with Gasteiger partial charge in [0.05, 0.1) is 12.7 Å². The first kappa shape index (κ1) is 41.8. The number of ether oxygens (including phenoxy) is 1. The Balaban J connectivity index is 0.000000326. The summed E-state index contributed by atoms with van der Waals surface area (Å²) < 4.78 is 5.65. The third kappa shape index (κ3) is 10.2. The fourth-order valence-corrected chi connectivity index (χ4v) is 10.9. The second-order valence-corrected chi connectivity index (χ2v) is 18.3. The second kappa shape index (κ2) is 19.8. The van der Waals surface area contributed by atoms with Gasteiger partial charge in [0.15, 0.2) is 0 Å². The van der Waals surface area contributed by atoms with Gasteiger partial charge in [-0.2, -0.15) is 0 Å². The molecule has 11 unspecified atom stereocenters. The smallest absolute Gasteiger partial charge is 0.0602 e. The molecule has 0 amide bonds. The van der Waals surface area contributed by atoms with Crippen LogP contribution in [0.15, 0.2) is 22.8 Å². The molecule has 5 aliphatic carbocycles. The molecule has 3 nitrogen and oxygen atoms in total. The molecule has 0 spiro atoms. The highest BCUT2D eigenvalue weighted by Crippen LogP contribution is 2.60. The summed E-state index contributed by atoms with van der Waals surface area (Å²) in [5.41, 5.74) is 10.8. The summed E-state index contributed by atoms with van der Waals surface area (Å²) >= 11 is 0. The monoisotopic (exact) mass is 670 g/mol. The van der Waals surface area contributed by atoms with Gasteiger partial charge in [0.2, 0.25) is 0 Å². The maximum Gasteiger partial charge on any atom is 0.0602 e. The van der Waals surface area contributed by atoms with E-state index in [2.05, 4.69) is 75.3 Å². The van der Waals surface area contributed by atoms with Gasteiger partial charge in [-0.15, -0.1) is 0 Å². The molecule has 0 aromatic heterocycles. The largest absolute Gasteiger partial charge is 0.393 e. The van der Waals surface area contributed by atoms with Crippen LogP contribution in [0.3, 0.4) is 0 Å². The van der Waals surface area contributed by atoms with E-state index in [9.17, 15) is 5.11 Å². The summed E-state index contributed by atoms with van der Waals surface area (Å²) in [6, 6.07) is 0. The Kier molecular flexibility index (Phi) is 17.3. The topological polar surface area (TPSA) is 55.5 Å². The van der Waals surface area contributed by atoms with E-state index in [4.69, 9.17) is 10.5 Å². The van der Waals surface area contributed by atoms with Crippen LogP contribution in [-0.4, -0.2) is 31.5 Å². The minimum atomic E-state index is -0.0492. The summed E-state index contributed by atoms with van der Waals surface area (Å²) in [5, 5.41) is 11.2. The zero-order valence-corrected chi connectivity index (χ0v) is 34.0. The number of hydrogen-bond acceptors (Lipinski definition) is 3. The van der Waals surface area contributed by atoms with Crippen molar-refractivity contribution in [2.75, 3.05) is 20.3 Å². The highest BCUT2D eigenvalue weighted by molar-refractivity contribution is 5.38. The first-order valence-corrected chi connectivity index (χ1v) is 21.2. The molecule has 0 saturated heterocycles. The third-order valence-corrected chi connectivity index (χ3v) is 14.3. The predicted octanol–water partition coefficient (Wildman–Crippen LogP) is 12.0. The van der Waals surface area contributed by atoms with Crippen molar-refractivity contribution in [2.45, 2.75) is 172 Å². The lowest BCUT2D eigenvalue weighted by Crippen LogP contribution is -2.28. The van der Waals surface area contributed by atoms with Gasteiger partial charge < -0.3 is 15.6 Å². The van der Waals surface area contributed by atoms with Crippen molar-refractivity contribution >= 4 is 0 Å². The van der Waals surface area contributed by atoms with Gasteiger partial charge in [0.1, 0.15) is 0 Å². The molecule has 11 atom stereocenters. The van der Waals surface area contributed by atoms with Crippen LogP contribution in [-0.2, 0) is 4.74 Å². The highest BCUT2D eigenvalue weighted by atomic mass is 16.5. The van der Waals surface area contributed by atoms with Crippen LogP contribution in [0.25, 0.3) is 0 Å². The number of methoxy groups -OCH3 is 1. The average Bonchev–Trinajstić information content (AvgIpc) is 3.81. The van der Waals surface area contributed by atoms with Crippen LogP contribution in [0.5, 0.6) is 0 Å². The second-order valence-electron chi connectivity index (χ2n) is 18.3. The van der Waals surface area contributed by atoms with Crippen LogP contribution >= 0.6 is 0 Å².